The molecular formula is C17H14ClF3N6OS. The second kappa shape index (κ2) is 8.78. The number of halogens is 4. The number of nitrogens with one attached hydrogen (secondary N) is 1. The number of hydrogen-bond acceptors (Lipinski definition) is 6. The van der Waals surface area contributed by atoms with Crippen molar-refractivity contribution < 1.29 is 18.0 Å². The van der Waals surface area contributed by atoms with Crippen LogP contribution in [0.4, 0.5) is 18.9 Å². The molecule has 0 aliphatic carbocycles. The van der Waals surface area contributed by atoms with Crippen LogP contribution in [0.5, 0.6) is 0 Å². The second-order valence-corrected chi connectivity index (χ2v) is 7.02. The van der Waals surface area contributed by atoms with Crippen LogP contribution in [-0.2, 0) is 17.5 Å². The summed E-state index contributed by atoms with van der Waals surface area (Å²) in [4.78, 5) is 20.4. The van der Waals surface area contributed by atoms with Gasteiger partial charge in [0.05, 0.1) is 28.2 Å². The topological polar surface area (TPSA) is 85.6 Å². The van der Waals surface area contributed by atoms with Gasteiger partial charge in [0.2, 0.25) is 5.91 Å². The van der Waals surface area contributed by atoms with Gasteiger partial charge < -0.3 is 9.88 Å². The van der Waals surface area contributed by atoms with Gasteiger partial charge in [-0.15, -0.1) is 10.2 Å². The zero-order chi connectivity index (χ0) is 21.0. The second-order valence-electron chi connectivity index (χ2n) is 5.67. The van der Waals surface area contributed by atoms with Gasteiger partial charge in [-0.2, -0.15) is 13.2 Å². The molecule has 2 aromatic heterocycles. The number of anilines is 1. The van der Waals surface area contributed by atoms with Crippen LogP contribution in [0.3, 0.4) is 0 Å². The first kappa shape index (κ1) is 21.1. The van der Waals surface area contributed by atoms with E-state index in [1.807, 2.05) is 6.92 Å². The minimum atomic E-state index is -4.53. The van der Waals surface area contributed by atoms with Crippen molar-refractivity contribution in [3.8, 4) is 11.5 Å². The van der Waals surface area contributed by atoms with Crippen molar-refractivity contribution in [3.05, 3.63) is 47.4 Å². The molecule has 152 valence electrons. The number of hydrogen-bond donors (Lipinski definition) is 1. The fraction of sp³-hybridized carbons (Fsp3) is 0.235. The van der Waals surface area contributed by atoms with Gasteiger partial charge in [-0.05, 0) is 25.1 Å². The zero-order valence-corrected chi connectivity index (χ0v) is 16.5. The molecular weight excluding hydrogens is 429 g/mol. The third kappa shape index (κ3) is 5.04. The lowest BCUT2D eigenvalue weighted by atomic mass is 10.2. The Morgan fingerprint density at radius 2 is 2.07 bits per heavy atom. The predicted molar refractivity (Wildman–Crippen MR) is 103 cm³/mol. The average Bonchev–Trinajstić information content (AvgIpc) is 3.11. The SMILES string of the molecule is CCn1c(SCC(=O)Nc2cc(C(F)(F)F)ccc2Cl)nnc1-c1cnccn1. The minimum Gasteiger partial charge on any atom is -0.324 e. The Kier molecular flexibility index (Phi) is 6.38. The first-order valence-electron chi connectivity index (χ1n) is 8.28. The Labute approximate surface area is 172 Å². The van der Waals surface area contributed by atoms with Crippen LogP contribution in [0.1, 0.15) is 12.5 Å². The van der Waals surface area contributed by atoms with E-state index in [1.165, 1.54) is 12.4 Å². The molecule has 7 nitrogen and oxygen atoms in total. The standard InChI is InChI=1S/C17H14ClF3N6OS/c1-2-27-15(13-8-22-5-6-23-13)25-26-16(27)29-9-14(28)24-12-7-10(17(19,20)21)3-4-11(12)18/h3-8H,2,9H2,1H3,(H,24,28). The highest BCUT2D eigenvalue weighted by Crippen LogP contribution is 2.34. The van der Waals surface area contributed by atoms with Crippen molar-refractivity contribution in [2.75, 3.05) is 11.1 Å². The quantitative estimate of drug-likeness (QED) is 0.577. The highest BCUT2D eigenvalue weighted by Gasteiger charge is 2.31. The Morgan fingerprint density at radius 3 is 2.72 bits per heavy atom. The van der Waals surface area contributed by atoms with Crippen LogP contribution in [0.2, 0.25) is 5.02 Å². The van der Waals surface area contributed by atoms with Crippen LogP contribution in [0.25, 0.3) is 11.5 Å². The number of nitrogens with zero attached hydrogens (tertiary/aromatic N) is 5. The summed E-state index contributed by atoms with van der Waals surface area (Å²) >= 11 is 6.99. The highest BCUT2D eigenvalue weighted by atomic mass is 35.5. The van der Waals surface area contributed by atoms with Gasteiger partial charge in [0.25, 0.3) is 0 Å². The van der Waals surface area contributed by atoms with E-state index in [2.05, 4.69) is 25.5 Å². The highest BCUT2D eigenvalue weighted by molar-refractivity contribution is 7.99. The summed E-state index contributed by atoms with van der Waals surface area (Å²) in [7, 11) is 0. The van der Waals surface area contributed by atoms with Gasteiger partial charge in [0.1, 0.15) is 5.69 Å². The first-order valence-corrected chi connectivity index (χ1v) is 9.65. The summed E-state index contributed by atoms with van der Waals surface area (Å²) < 4.78 is 40.3. The van der Waals surface area contributed by atoms with E-state index in [0.29, 0.717) is 23.2 Å². The molecule has 0 fully saturated rings. The van der Waals surface area contributed by atoms with Gasteiger partial charge >= 0.3 is 6.18 Å². The van der Waals surface area contributed by atoms with Gasteiger partial charge in [-0.25, -0.2) is 4.98 Å². The minimum absolute atomic E-state index is 0.0120. The first-order chi connectivity index (χ1) is 13.8. The number of benzene rings is 1. The number of alkyl halides is 3. The monoisotopic (exact) mass is 442 g/mol. The van der Waals surface area contributed by atoms with E-state index >= 15 is 0 Å². The number of aromatic nitrogens is 5. The molecule has 0 bridgehead atoms. The van der Waals surface area contributed by atoms with E-state index in [9.17, 15) is 18.0 Å². The number of amides is 1. The number of thioether (sulfide) groups is 1. The fourth-order valence-electron chi connectivity index (χ4n) is 2.40. The molecule has 1 amide bonds. The summed E-state index contributed by atoms with van der Waals surface area (Å²) in [6.07, 6.45) is 0.0816. The third-order valence-electron chi connectivity index (χ3n) is 3.73. The number of carbonyl (C=O) groups is 1. The Bertz CT molecular complexity index is 1010. The van der Waals surface area contributed by atoms with Crippen LogP contribution in [-0.4, -0.2) is 36.4 Å². The molecule has 29 heavy (non-hydrogen) atoms. The van der Waals surface area contributed by atoms with Crippen LogP contribution in [0.15, 0.2) is 41.9 Å². The molecule has 1 aromatic carbocycles. The van der Waals surface area contributed by atoms with E-state index in [-0.39, 0.29) is 16.5 Å². The van der Waals surface area contributed by atoms with E-state index in [4.69, 9.17) is 11.6 Å². The fourth-order valence-corrected chi connectivity index (χ4v) is 3.37. The maximum atomic E-state index is 12.8. The molecule has 0 unspecified atom stereocenters. The van der Waals surface area contributed by atoms with Crippen molar-refractivity contribution >= 4 is 35.0 Å². The van der Waals surface area contributed by atoms with E-state index in [0.717, 1.165) is 30.0 Å². The molecule has 12 heteroatoms. The Hall–Kier alpha value is -2.66. The van der Waals surface area contributed by atoms with Crippen LogP contribution >= 0.6 is 23.4 Å². The maximum Gasteiger partial charge on any atom is 0.416 e. The lowest BCUT2D eigenvalue weighted by molar-refractivity contribution is -0.137. The van der Waals surface area contributed by atoms with Crippen LogP contribution < -0.4 is 5.32 Å². The largest absolute Gasteiger partial charge is 0.416 e. The predicted octanol–water partition coefficient (Wildman–Crippen LogP) is 4.16. The molecule has 0 aliphatic rings. The molecule has 0 spiro atoms. The Morgan fingerprint density at radius 1 is 1.28 bits per heavy atom. The molecule has 2 heterocycles. The molecule has 3 rings (SSSR count). The van der Waals surface area contributed by atoms with Gasteiger partial charge in [0.15, 0.2) is 11.0 Å². The molecule has 0 atom stereocenters. The van der Waals surface area contributed by atoms with Crippen molar-refractivity contribution in [3.63, 3.8) is 0 Å². The lowest BCUT2D eigenvalue weighted by Gasteiger charge is -2.11. The third-order valence-corrected chi connectivity index (χ3v) is 5.02. The van der Waals surface area contributed by atoms with Gasteiger partial charge in [0, 0.05) is 18.9 Å². The Balaban J connectivity index is 1.70. The van der Waals surface area contributed by atoms with Crippen molar-refractivity contribution in [1.29, 1.82) is 0 Å². The summed E-state index contributed by atoms with van der Waals surface area (Å²) in [5.41, 5.74) is -0.470. The van der Waals surface area contributed by atoms with Crippen molar-refractivity contribution in [2.45, 2.75) is 24.8 Å². The molecule has 3 aromatic rings. The smallest absolute Gasteiger partial charge is 0.324 e. The van der Waals surface area contributed by atoms with Crippen molar-refractivity contribution in [1.82, 2.24) is 24.7 Å². The van der Waals surface area contributed by atoms with Gasteiger partial charge in [-0.3, -0.25) is 9.78 Å². The molecule has 0 radical (unpaired) electrons. The summed E-state index contributed by atoms with van der Waals surface area (Å²) in [5, 5.41) is 11.0. The maximum absolute atomic E-state index is 12.8. The molecule has 1 N–H and O–H groups in total. The summed E-state index contributed by atoms with van der Waals surface area (Å²) in [5.74, 6) is -0.113. The number of rotatable bonds is 6. The van der Waals surface area contributed by atoms with Crippen molar-refractivity contribution in [2.24, 2.45) is 0 Å². The number of carbonyl (C=O) groups excluding carboxylic acids is 1. The van der Waals surface area contributed by atoms with Gasteiger partial charge in [-0.1, -0.05) is 23.4 Å². The molecule has 0 saturated carbocycles. The average molecular weight is 443 g/mol. The van der Waals surface area contributed by atoms with E-state index < -0.39 is 17.6 Å². The lowest BCUT2D eigenvalue weighted by Crippen LogP contribution is -2.16. The zero-order valence-electron chi connectivity index (χ0n) is 14.9. The summed E-state index contributed by atoms with van der Waals surface area (Å²) in [6, 6.07) is 2.74. The molecule has 0 aliphatic heterocycles. The normalized spacial score (nSPS) is 11.5. The molecule has 0 saturated heterocycles. The van der Waals surface area contributed by atoms with Crippen LogP contribution in [0, 0.1) is 0 Å². The van der Waals surface area contributed by atoms with E-state index in [1.54, 1.807) is 10.8 Å². The summed E-state index contributed by atoms with van der Waals surface area (Å²) in [6.45, 7) is 2.41.